The molecule has 22 heavy (non-hydrogen) atoms. The molecule has 2 heterocycles. The van der Waals surface area contributed by atoms with Crippen LogP contribution in [-0.2, 0) is 10.0 Å². The van der Waals surface area contributed by atoms with Crippen molar-refractivity contribution in [2.24, 2.45) is 5.14 Å². The van der Waals surface area contributed by atoms with Crippen LogP contribution in [0.2, 0.25) is 0 Å². The van der Waals surface area contributed by atoms with Crippen molar-refractivity contribution in [1.29, 1.82) is 0 Å². The van der Waals surface area contributed by atoms with Crippen LogP contribution in [0, 0.1) is 0 Å². The van der Waals surface area contributed by atoms with E-state index in [1.165, 1.54) is 18.5 Å². The summed E-state index contributed by atoms with van der Waals surface area (Å²) < 4.78 is 23.8. The van der Waals surface area contributed by atoms with E-state index in [2.05, 4.69) is 31.9 Å². The lowest BCUT2D eigenvalue weighted by Crippen LogP contribution is -2.33. The van der Waals surface area contributed by atoms with Crippen LogP contribution in [0.25, 0.3) is 11.3 Å². The standard InChI is InChI=1S/C11H14N8O2S/c12-9-5-14-4-7(15-9)6-2-1-3-8(22(13,20)21)10(6)11-16-18-19-17-11/h1-5,11,16-19H,(H2,12,15)(H2,13,20,21). The number of primary sulfonamides is 1. The van der Waals surface area contributed by atoms with Crippen LogP contribution in [-0.4, -0.2) is 18.4 Å². The lowest BCUT2D eigenvalue weighted by atomic mass is 10.0. The second kappa shape index (κ2) is 5.57. The first-order chi connectivity index (χ1) is 10.5. The summed E-state index contributed by atoms with van der Waals surface area (Å²) in [5, 5.41) is 5.32. The molecule has 3 rings (SSSR count). The van der Waals surface area contributed by atoms with E-state index in [4.69, 9.17) is 10.9 Å². The van der Waals surface area contributed by atoms with E-state index < -0.39 is 16.2 Å². The second-order valence-corrected chi connectivity index (χ2v) is 6.09. The number of nitrogens with two attached hydrogens (primary N) is 2. The Bertz CT molecular complexity index is 803. The van der Waals surface area contributed by atoms with Gasteiger partial charge < -0.3 is 5.73 Å². The fraction of sp³-hybridized carbons (Fsp3) is 0.0909. The molecule has 1 fully saturated rings. The number of benzene rings is 1. The zero-order valence-electron chi connectivity index (χ0n) is 11.2. The van der Waals surface area contributed by atoms with Crippen molar-refractivity contribution in [1.82, 2.24) is 31.9 Å². The molecule has 0 atom stereocenters. The number of hydrogen-bond donors (Lipinski definition) is 6. The molecule has 0 amide bonds. The van der Waals surface area contributed by atoms with Gasteiger partial charge in [-0.25, -0.2) is 29.4 Å². The van der Waals surface area contributed by atoms with Crippen molar-refractivity contribution < 1.29 is 8.42 Å². The van der Waals surface area contributed by atoms with Gasteiger partial charge in [0.25, 0.3) is 0 Å². The Morgan fingerprint density at radius 1 is 1.14 bits per heavy atom. The van der Waals surface area contributed by atoms with Crippen LogP contribution in [0.4, 0.5) is 5.82 Å². The molecular formula is C11H14N8O2S. The Balaban J connectivity index is 2.25. The van der Waals surface area contributed by atoms with Crippen LogP contribution < -0.4 is 32.8 Å². The van der Waals surface area contributed by atoms with Crippen molar-refractivity contribution in [2.45, 2.75) is 11.1 Å². The van der Waals surface area contributed by atoms with Gasteiger partial charge in [0.1, 0.15) is 12.0 Å². The molecule has 0 bridgehead atoms. The number of nitrogens with zero attached hydrogens (tertiary/aromatic N) is 2. The number of rotatable bonds is 3. The Morgan fingerprint density at radius 3 is 2.50 bits per heavy atom. The third-order valence-corrected chi connectivity index (χ3v) is 4.06. The Kier molecular flexibility index (Phi) is 3.74. The van der Waals surface area contributed by atoms with Gasteiger partial charge in [-0.15, -0.1) is 0 Å². The van der Waals surface area contributed by atoms with Gasteiger partial charge in [0, 0.05) is 11.1 Å². The first-order valence-corrected chi connectivity index (χ1v) is 7.76. The predicted octanol–water partition coefficient (Wildman–Crippen LogP) is -1.51. The second-order valence-electron chi connectivity index (χ2n) is 4.56. The van der Waals surface area contributed by atoms with Gasteiger partial charge >= 0.3 is 0 Å². The van der Waals surface area contributed by atoms with Gasteiger partial charge in [-0.2, -0.15) is 11.1 Å². The maximum Gasteiger partial charge on any atom is 0.238 e. The zero-order valence-corrected chi connectivity index (χ0v) is 12.1. The normalized spacial score (nSPS) is 16.0. The monoisotopic (exact) mass is 322 g/mol. The minimum Gasteiger partial charge on any atom is -0.382 e. The molecule has 1 saturated heterocycles. The van der Waals surface area contributed by atoms with Gasteiger partial charge in [-0.1, -0.05) is 12.1 Å². The van der Waals surface area contributed by atoms with Gasteiger partial charge in [0.15, 0.2) is 0 Å². The van der Waals surface area contributed by atoms with Crippen LogP contribution >= 0.6 is 0 Å². The summed E-state index contributed by atoms with van der Waals surface area (Å²) in [6, 6.07) is 4.73. The lowest BCUT2D eigenvalue weighted by Gasteiger charge is -2.18. The number of nitrogen functional groups attached to an aromatic ring is 1. The highest BCUT2D eigenvalue weighted by Gasteiger charge is 2.27. The minimum absolute atomic E-state index is 0.0234. The largest absolute Gasteiger partial charge is 0.382 e. The average molecular weight is 322 g/mol. The summed E-state index contributed by atoms with van der Waals surface area (Å²) in [5.74, 6) is 0.230. The highest BCUT2D eigenvalue weighted by Crippen LogP contribution is 2.31. The highest BCUT2D eigenvalue weighted by atomic mass is 32.2. The number of hydrogen-bond acceptors (Lipinski definition) is 9. The number of aromatic nitrogens is 2. The molecule has 8 N–H and O–H groups in total. The maximum atomic E-state index is 11.9. The summed E-state index contributed by atoms with van der Waals surface area (Å²) in [7, 11) is -3.93. The smallest absolute Gasteiger partial charge is 0.238 e. The van der Waals surface area contributed by atoms with Gasteiger partial charge in [-0.3, -0.25) is 4.98 Å². The van der Waals surface area contributed by atoms with Crippen molar-refractivity contribution in [3.63, 3.8) is 0 Å². The van der Waals surface area contributed by atoms with E-state index >= 15 is 0 Å². The summed E-state index contributed by atoms with van der Waals surface area (Å²) in [4.78, 5) is 8.14. The quantitative estimate of drug-likeness (QED) is 0.394. The van der Waals surface area contributed by atoms with Crippen LogP contribution in [0.3, 0.4) is 0 Å². The highest BCUT2D eigenvalue weighted by molar-refractivity contribution is 7.89. The third kappa shape index (κ3) is 2.76. The van der Waals surface area contributed by atoms with Gasteiger partial charge in [0.05, 0.1) is 23.0 Å². The van der Waals surface area contributed by atoms with Crippen molar-refractivity contribution in [3.05, 3.63) is 36.2 Å². The van der Waals surface area contributed by atoms with E-state index in [0.29, 0.717) is 16.8 Å². The average Bonchev–Trinajstić information content (AvgIpc) is 2.99. The molecule has 1 aliphatic rings. The number of hydrazine groups is 3. The number of sulfonamides is 1. The molecule has 0 aliphatic carbocycles. The number of nitrogens with one attached hydrogen (secondary N) is 4. The minimum atomic E-state index is -3.93. The molecule has 0 spiro atoms. The maximum absolute atomic E-state index is 11.9. The zero-order chi connectivity index (χ0) is 15.7. The summed E-state index contributed by atoms with van der Waals surface area (Å²) in [6.07, 6.45) is 2.35. The summed E-state index contributed by atoms with van der Waals surface area (Å²) in [6.45, 7) is 0. The number of anilines is 1. The van der Waals surface area contributed by atoms with E-state index in [0.717, 1.165) is 0 Å². The van der Waals surface area contributed by atoms with E-state index in [9.17, 15) is 8.42 Å². The molecular weight excluding hydrogens is 308 g/mol. The Labute approximate surface area is 126 Å². The topological polar surface area (TPSA) is 160 Å². The lowest BCUT2D eigenvalue weighted by molar-refractivity contribution is 0.540. The first-order valence-electron chi connectivity index (χ1n) is 6.21. The fourth-order valence-corrected chi connectivity index (χ4v) is 3.02. The molecule has 1 aromatic carbocycles. The van der Waals surface area contributed by atoms with Crippen LogP contribution in [0.1, 0.15) is 11.7 Å². The molecule has 0 radical (unpaired) electrons. The Hall–Kier alpha value is -2.15. The molecule has 116 valence electrons. The summed E-state index contributed by atoms with van der Waals surface area (Å²) >= 11 is 0. The van der Waals surface area contributed by atoms with E-state index in [-0.39, 0.29) is 10.7 Å². The molecule has 11 heteroatoms. The fourth-order valence-electron chi connectivity index (χ4n) is 2.22. The SMILES string of the molecule is Nc1cncc(-c2cccc(S(N)(=O)=O)c2C2NNNN2)n1. The van der Waals surface area contributed by atoms with Gasteiger partial charge in [-0.05, 0) is 6.07 Å². The van der Waals surface area contributed by atoms with Crippen molar-refractivity contribution in [3.8, 4) is 11.3 Å². The van der Waals surface area contributed by atoms with Crippen molar-refractivity contribution >= 4 is 15.8 Å². The third-order valence-electron chi connectivity index (χ3n) is 3.09. The van der Waals surface area contributed by atoms with Crippen LogP contribution in [0.15, 0.2) is 35.5 Å². The molecule has 0 saturated carbocycles. The predicted molar refractivity (Wildman–Crippen MR) is 78.5 cm³/mol. The summed E-state index contributed by atoms with van der Waals surface area (Å²) in [5.41, 5.74) is 18.0. The van der Waals surface area contributed by atoms with Crippen LogP contribution in [0.5, 0.6) is 0 Å². The van der Waals surface area contributed by atoms with E-state index in [1.807, 2.05) is 0 Å². The Morgan fingerprint density at radius 2 is 1.86 bits per heavy atom. The van der Waals surface area contributed by atoms with E-state index in [1.54, 1.807) is 12.1 Å². The molecule has 0 unspecified atom stereocenters. The molecule has 10 nitrogen and oxygen atoms in total. The van der Waals surface area contributed by atoms with Crippen molar-refractivity contribution in [2.75, 3.05) is 5.73 Å². The molecule has 1 aliphatic heterocycles. The first kappa shape index (κ1) is 14.8. The van der Waals surface area contributed by atoms with Gasteiger partial charge in [0.2, 0.25) is 10.0 Å². The molecule has 1 aromatic heterocycles. The molecule has 2 aromatic rings.